The molecule has 0 radical (unpaired) electrons. The standard InChI is InChI=1S/C30H36N6O3/c1-37-28-16-23(34-12-9-22(10-13-34)35-18-25-15-24(35)19-38-25)7-8-26(28)33-29-17-30(32-20-31-29)36-27(11-14-39-36)21-5-3-2-4-6-21/h2-8,16-17,20,22,24-25,27H,9-15,18-19H2,1H3,(H,31,32,33)/t24-,25-,27?/m1/s1. The van der Waals surface area contributed by atoms with Crippen LogP contribution in [0.3, 0.4) is 0 Å². The molecule has 0 saturated carbocycles. The number of hydrogen-bond acceptors (Lipinski definition) is 9. The fourth-order valence-corrected chi connectivity index (χ4v) is 6.66. The van der Waals surface area contributed by atoms with Crippen LogP contribution in [-0.2, 0) is 9.57 Å². The van der Waals surface area contributed by atoms with Crippen molar-refractivity contribution in [2.24, 2.45) is 0 Å². The summed E-state index contributed by atoms with van der Waals surface area (Å²) in [6, 6.07) is 20.2. The van der Waals surface area contributed by atoms with Crippen LogP contribution in [-0.4, -0.2) is 73.0 Å². The van der Waals surface area contributed by atoms with Crippen LogP contribution in [0.15, 0.2) is 60.9 Å². The number of nitrogens with zero attached hydrogens (tertiary/aromatic N) is 5. The topological polar surface area (TPSA) is 75.2 Å². The normalized spacial score (nSPS) is 25.4. The predicted octanol–water partition coefficient (Wildman–Crippen LogP) is 4.55. The highest BCUT2D eigenvalue weighted by atomic mass is 16.7. The summed E-state index contributed by atoms with van der Waals surface area (Å²) in [6.45, 7) is 4.81. The van der Waals surface area contributed by atoms with Crippen LogP contribution in [0, 0.1) is 0 Å². The first-order valence-corrected chi connectivity index (χ1v) is 14.1. The third-order valence-corrected chi connectivity index (χ3v) is 8.66. The van der Waals surface area contributed by atoms with Crippen LogP contribution in [0.5, 0.6) is 5.75 Å². The molecule has 4 aliphatic heterocycles. The fraction of sp³-hybridized carbons (Fsp3) is 0.467. The Balaban J connectivity index is 1.03. The molecule has 9 heteroatoms. The van der Waals surface area contributed by atoms with E-state index >= 15 is 0 Å². The molecule has 2 bridgehead atoms. The van der Waals surface area contributed by atoms with Gasteiger partial charge in [0.15, 0.2) is 5.82 Å². The largest absolute Gasteiger partial charge is 0.494 e. The van der Waals surface area contributed by atoms with Crippen LogP contribution >= 0.6 is 0 Å². The lowest BCUT2D eigenvalue weighted by Gasteiger charge is -2.41. The van der Waals surface area contributed by atoms with Crippen molar-refractivity contribution in [3.63, 3.8) is 0 Å². The molecule has 3 aromatic rings. The van der Waals surface area contributed by atoms with Crippen LogP contribution in [0.25, 0.3) is 0 Å². The van der Waals surface area contributed by atoms with E-state index in [1.54, 1.807) is 13.4 Å². The van der Waals surface area contributed by atoms with Gasteiger partial charge in [-0.1, -0.05) is 30.3 Å². The monoisotopic (exact) mass is 528 g/mol. The predicted molar refractivity (Wildman–Crippen MR) is 151 cm³/mol. The molecule has 7 rings (SSSR count). The number of ether oxygens (including phenoxy) is 2. The number of likely N-dealkylation sites (tertiary alicyclic amines) is 1. The summed E-state index contributed by atoms with van der Waals surface area (Å²) < 4.78 is 11.6. The van der Waals surface area contributed by atoms with Crippen LogP contribution in [0.4, 0.5) is 23.0 Å². The average Bonchev–Trinajstić information content (AvgIpc) is 3.76. The Morgan fingerprint density at radius 3 is 2.62 bits per heavy atom. The Bertz CT molecular complexity index is 1280. The fourth-order valence-electron chi connectivity index (χ4n) is 6.66. The Labute approximate surface area is 229 Å². The minimum absolute atomic E-state index is 0.126. The number of methoxy groups -OCH3 is 1. The van der Waals surface area contributed by atoms with Crippen molar-refractivity contribution in [1.82, 2.24) is 14.9 Å². The first-order valence-electron chi connectivity index (χ1n) is 14.1. The zero-order chi connectivity index (χ0) is 26.2. The van der Waals surface area contributed by atoms with Gasteiger partial charge in [-0.3, -0.25) is 9.74 Å². The first-order chi connectivity index (χ1) is 19.2. The van der Waals surface area contributed by atoms with Gasteiger partial charge in [0.25, 0.3) is 0 Å². The van der Waals surface area contributed by atoms with E-state index < -0.39 is 0 Å². The number of nitrogens with one attached hydrogen (secondary N) is 1. The Kier molecular flexibility index (Phi) is 6.72. The summed E-state index contributed by atoms with van der Waals surface area (Å²) in [6.07, 6.45) is 6.56. The van der Waals surface area contributed by atoms with E-state index in [4.69, 9.17) is 14.3 Å². The molecule has 1 unspecified atom stereocenters. The molecule has 204 valence electrons. The second kappa shape index (κ2) is 10.6. The maximum absolute atomic E-state index is 5.97. The molecular formula is C30H36N6O3. The van der Waals surface area contributed by atoms with Crippen molar-refractivity contribution in [1.29, 1.82) is 0 Å². The van der Waals surface area contributed by atoms with Crippen LogP contribution in [0.1, 0.15) is 37.3 Å². The number of hydroxylamine groups is 1. The second-order valence-electron chi connectivity index (χ2n) is 10.9. The lowest BCUT2D eigenvalue weighted by Crippen LogP contribution is -2.49. The molecule has 0 aliphatic carbocycles. The molecule has 4 fully saturated rings. The van der Waals surface area contributed by atoms with Gasteiger partial charge >= 0.3 is 0 Å². The number of rotatable bonds is 7. The number of hydrogen-bond donors (Lipinski definition) is 1. The zero-order valence-electron chi connectivity index (χ0n) is 22.4. The van der Waals surface area contributed by atoms with Gasteiger partial charge in [0.2, 0.25) is 0 Å². The molecule has 4 saturated heterocycles. The number of piperidine rings is 1. The molecular weight excluding hydrogens is 492 g/mol. The summed E-state index contributed by atoms with van der Waals surface area (Å²) >= 11 is 0. The average molecular weight is 529 g/mol. The summed E-state index contributed by atoms with van der Waals surface area (Å²) in [7, 11) is 1.72. The van der Waals surface area contributed by atoms with Gasteiger partial charge in [-0.25, -0.2) is 15.0 Å². The van der Waals surface area contributed by atoms with Crippen LogP contribution < -0.4 is 20.0 Å². The Morgan fingerprint density at radius 2 is 1.85 bits per heavy atom. The summed E-state index contributed by atoms with van der Waals surface area (Å²) in [5, 5.41) is 5.33. The van der Waals surface area contributed by atoms with E-state index in [2.05, 4.69) is 67.5 Å². The highest BCUT2D eigenvalue weighted by Crippen LogP contribution is 2.37. The van der Waals surface area contributed by atoms with Crippen molar-refractivity contribution in [3.05, 3.63) is 66.5 Å². The summed E-state index contributed by atoms with van der Waals surface area (Å²) in [4.78, 5) is 20.1. The van der Waals surface area contributed by atoms with Gasteiger partial charge in [-0.05, 0) is 37.0 Å². The minimum atomic E-state index is 0.126. The highest BCUT2D eigenvalue weighted by molar-refractivity contribution is 5.70. The summed E-state index contributed by atoms with van der Waals surface area (Å²) in [5.41, 5.74) is 3.28. The molecule has 5 heterocycles. The Hall–Kier alpha value is -3.40. The van der Waals surface area contributed by atoms with Gasteiger partial charge < -0.3 is 19.7 Å². The molecule has 9 nitrogen and oxygen atoms in total. The third kappa shape index (κ3) is 4.90. The molecule has 0 spiro atoms. The zero-order valence-corrected chi connectivity index (χ0v) is 22.4. The van der Waals surface area contributed by atoms with Crippen molar-refractivity contribution in [2.75, 3.05) is 55.2 Å². The molecule has 1 N–H and O–H groups in total. The first kappa shape index (κ1) is 24.6. The van der Waals surface area contributed by atoms with Crippen molar-refractivity contribution in [2.45, 2.75) is 49.9 Å². The SMILES string of the molecule is COc1cc(N2CCC(N3C[C@H]4C[C@@H]3CO4)CC2)ccc1Nc1cc(N2OCCC2c2ccccc2)ncn1. The number of fused-ring (bicyclic) bond motifs is 2. The van der Waals surface area contributed by atoms with Gasteiger partial charge in [0.05, 0.1) is 38.2 Å². The third-order valence-electron chi connectivity index (χ3n) is 8.66. The Morgan fingerprint density at radius 1 is 0.974 bits per heavy atom. The molecule has 2 aromatic carbocycles. The number of morpholine rings is 1. The molecule has 0 amide bonds. The molecule has 39 heavy (non-hydrogen) atoms. The highest BCUT2D eigenvalue weighted by Gasteiger charge is 2.42. The number of aromatic nitrogens is 2. The van der Waals surface area contributed by atoms with Gasteiger partial charge in [0, 0.05) is 56.0 Å². The van der Waals surface area contributed by atoms with Gasteiger partial charge in [-0.2, -0.15) is 0 Å². The van der Waals surface area contributed by atoms with E-state index in [0.29, 0.717) is 30.6 Å². The number of benzene rings is 2. The minimum Gasteiger partial charge on any atom is -0.494 e. The van der Waals surface area contributed by atoms with E-state index in [0.717, 1.165) is 49.9 Å². The van der Waals surface area contributed by atoms with E-state index in [-0.39, 0.29) is 6.04 Å². The van der Waals surface area contributed by atoms with Crippen molar-refractivity contribution < 1.29 is 14.3 Å². The lowest BCUT2D eigenvalue weighted by atomic mass is 10.0. The van der Waals surface area contributed by atoms with Gasteiger partial charge in [0.1, 0.15) is 17.9 Å². The number of anilines is 4. The second-order valence-corrected chi connectivity index (χ2v) is 10.9. The summed E-state index contributed by atoms with van der Waals surface area (Å²) in [5.74, 6) is 2.22. The maximum atomic E-state index is 5.97. The maximum Gasteiger partial charge on any atom is 0.158 e. The van der Waals surface area contributed by atoms with E-state index in [1.165, 1.54) is 30.5 Å². The van der Waals surface area contributed by atoms with E-state index in [9.17, 15) is 0 Å². The quantitative estimate of drug-likeness (QED) is 0.475. The smallest absolute Gasteiger partial charge is 0.158 e. The van der Waals surface area contributed by atoms with E-state index in [1.807, 2.05) is 17.2 Å². The van der Waals surface area contributed by atoms with Crippen molar-refractivity contribution in [3.8, 4) is 5.75 Å². The van der Waals surface area contributed by atoms with Crippen molar-refractivity contribution >= 4 is 23.0 Å². The molecule has 4 aliphatic rings. The molecule has 3 atom stereocenters. The molecule has 1 aromatic heterocycles. The van der Waals surface area contributed by atoms with Gasteiger partial charge in [-0.15, -0.1) is 0 Å². The van der Waals surface area contributed by atoms with Crippen LogP contribution in [0.2, 0.25) is 0 Å². The lowest BCUT2D eigenvalue weighted by molar-refractivity contribution is 0.00661.